The van der Waals surface area contributed by atoms with Crippen molar-refractivity contribution in [3.63, 3.8) is 0 Å². The third kappa shape index (κ3) is 5.76. The molecule has 1 aromatic rings. The van der Waals surface area contributed by atoms with Crippen LogP contribution in [0.1, 0.15) is 44.1 Å². The van der Waals surface area contributed by atoms with Crippen LogP contribution in [0.15, 0.2) is 24.3 Å². The molecule has 0 unspecified atom stereocenters. The molecular weight excluding hydrogens is 288 g/mol. The topological polar surface area (TPSA) is 58.2 Å². The van der Waals surface area contributed by atoms with E-state index in [1.54, 1.807) is 12.1 Å². The van der Waals surface area contributed by atoms with E-state index < -0.39 is 0 Å². The summed E-state index contributed by atoms with van der Waals surface area (Å²) in [5.74, 6) is -0.436. The van der Waals surface area contributed by atoms with E-state index >= 15 is 0 Å². The van der Waals surface area contributed by atoms with E-state index in [0.29, 0.717) is 11.6 Å². The molecule has 0 aromatic heterocycles. The van der Waals surface area contributed by atoms with Crippen LogP contribution < -0.4 is 10.6 Å². The van der Waals surface area contributed by atoms with Crippen LogP contribution in [0, 0.1) is 0 Å². The predicted molar refractivity (Wildman–Crippen MR) is 82.9 cm³/mol. The average Bonchev–Trinajstić information content (AvgIpc) is 2.47. The molecule has 1 saturated carbocycles. The Bertz CT molecular complexity index is 482. The van der Waals surface area contributed by atoms with Gasteiger partial charge in [-0.05, 0) is 30.5 Å². The molecule has 1 aromatic carbocycles. The molecule has 0 saturated heterocycles. The summed E-state index contributed by atoms with van der Waals surface area (Å²) >= 11 is 5.80. The van der Waals surface area contributed by atoms with Crippen molar-refractivity contribution in [2.24, 2.45) is 0 Å². The molecule has 5 heteroatoms. The molecule has 0 radical (unpaired) electrons. The van der Waals surface area contributed by atoms with Crippen LogP contribution in [-0.2, 0) is 16.1 Å². The Morgan fingerprint density at radius 1 is 1.05 bits per heavy atom. The van der Waals surface area contributed by atoms with Crippen LogP contribution >= 0.6 is 11.6 Å². The molecule has 2 rings (SSSR count). The summed E-state index contributed by atoms with van der Waals surface area (Å²) in [6.07, 6.45) is 5.51. The zero-order valence-electron chi connectivity index (χ0n) is 12.0. The van der Waals surface area contributed by atoms with Crippen LogP contribution in [0.4, 0.5) is 0 Å². The number of carbonyl (C=O) groups excluding carboxylic acids is 2. The average molecular weight is 309 g/mol. The largest absolute Gasteiger partial charge is 0.353 e. The molecule has 2 amide bonds. The van der Waals surface area contributed by atoms with Gasteiger partial charge in [-0.1, -0.05) is 43.0 Å². The molecule has 1 aliphatic rings. The third-order valence-electron chi connectivity index (χ3n) is 3.69. The summed E-state index contributed by atoms with van der Waals surface area (Å²) in [6, 6.07) is 7.50. The molecule has 2 N–H and O–H groups in total. The first-order valence-electron chi connectivity index (χ1n) is 7.44. The zero-order valence-corrected chi connectivity index (χ0v) is 12.8. The van der Waals surface area contributed by atoms with Gasteiger partial charge in [-0.3, -0.25) is 9.59 Å². The summed E-state index contributed by atoms with van der Waals surface area (Å²) in [7, 11) is 0. The molecule has 114 valence electrons. The van der Waals surface area contributed by atoms with Gasteiger partial charge < -0.3 is 10.6 Å². The predicted octanol–water partition coefficient (Wildman–Crippen LogP) is 2.80. The van der Waals surface area contributed by atoms with Gasteiger partial charge in [0.05, 0.1) is 0 Å². The lowest BCUT2D eigenvalue weighted by Crippen LogP contribution is -2.39. The number of carbonyl (C=O) groups is 2. The number of benzene rings is 1. The maximum absolute atomic E-state index is 11.8. The maximum Gasteiger partial charge on any atom is 0.229 e. The first kappa shape index (κ1) is 15.8. The molecule has 0 bridgehead atoms. The first-order valence-corrected chi connectivity index (χ1v) is 7.82. The minimum atomic E-state index is -0.252. The van der Waals surface area contributed by atoms with Crippen LogP contribution in [0.25, 0.3) is 0 Å². The smallest absolute Gasteiger partial charge is 0.229 e. The van der Waals surface area contributed by atoms with Gasteiger partial charge in [0.2, 0.25) is 11.8 Å². The third-order valence-corrected chi connectivity index (χ3v) is 3.95. The Morgan fingerprint density at radius 2 is 1.71 bits per heavy atom. The Labute approximate surface area is 130 Å². The summed E-state index contributed by atoms with van der Waals surface area (Å²) in [6.45, 7) is 0.409. The Hall–Kier alpha value is -1.55. The SMILES string of the molecule is O=C(CC(=O)NC1CCCCC1)NCc1ccc(Cl)cc1. The van der Waals surface area contributed by atoms with Crippen LogP contribution in [-0.4, -0.2) is 17.9 Å². The molecule has 21 heavy (non-hydrogen) atoms. The molecule has 0 aliphatic heterocycles. The van der Waals surface area contributed by atoms with Gasteiger partial charge in [0.1, 0.15) is 6.42 Å². The van der Waals surface area contributed by atoms with E-state index in [0.717, 1.165) is 31.2 Å². The highest BCUT2D eigenvalue weighted by molar-refractivity contribution is 6.30. The quantitative estimate of drug-likeness (QED) is 0.822. The van der Waals surface area contributed by atoms with Crippen LogP contribution in [0.3, 0.4) is 0 Å². The molecule has 0 atom stereocenters. The lowest BCUT2D eigenvalue weighted by molar-refractivity contribution is -0.129. The second kappa shape index (κ2) is 8.03. The van der Waals surface area contributed by atoms with Gasteiger partial charge in [-0.2, -0.15) is 0 Å². The summed E-state index contributed by atoms with van der Waals surface area (Å²) < 4.78 is 0. The van der Waals surface area contributed by atoms with Crippen molar-refractivity contribution in [3.8, 4) is 0 Å². The van der Waals surface area contributed by atoms with E-state index in [9.17, 15) is 9.59 Å². The molecule has 0 heterocycles. The number of rotatable bonds is 5. The van der Waals surface area contributed by atoms with Gasteiger partial charge in [0, 0.05) is 17.6 Å². The second-order valence-corrected chi connectivity index (χ2v) is 5.92. The van der Waals surface area contributed by atoms with Crippen molar-refractivity contribution in [1.29, 1.82) is 0 Å². The summed E-state index contributed by atoms with van der Waals surface area (Å²) in [5.41, 5.74) is 0.959. The highest BCUT2D eigenvalue weighted by Gasteiger charge is 2.17. The molecule has 1 fully saturated rings. The number of halogens is 1. The van der Waals surface area contributed by atoms with Crippen LogP contribution in [0.5, 0.6) is 0 Å². The lowest BCUT2D eigenvalue weighted by atomic mass is 9.95. The van der Waals surface area contributed by atoms with Crippen molar-refractivity contribution < 1.29 is 9.59 Å². The molecule has 0 spiro atoms. The second-order valence-electron chi connectivity index (χ2n) is 5.48. The minimum absolute atomic E-state index is 0.107. The normalized spacial score (nSPS) is 15.5. The van der Waals surface area contributed by atoms with E-state index in [1.165, 1.54) is 6.42 Å². The Balaban J connectivity index is 1.68. The van der Waals surface area contributed by atoms with E-state index in [1.807, 2.05) is 12.1 Å². The van der Waals surface area contributed by atoms with Gasteiger partial charge in [0.15, 0.2) is 0 Å². The standard InChI is InChI=1S/C16H21ClN2O2/c17-13-8-6-12(7-9-13)11-18-15(20)10-16(21)19-14-4-2-1-3-5-14/h6-9,14H,1-5,10-11H2,(H,18,20)(H,19,21). The Morgan fingerprint density at radius 3 is 2.38 bits per heavy atom. The van der Waals surface area contributed by atoms with Crippen LogP contribution in [0.2, 0.25) is 5.02 Å². The van der Waals surface area contributed by atoms with Gasteiger partial charge in [-0.25, -0.2) is 0 Å². The van der Waals surface area contributed by atoms with Gasteiger partial charge in [-0.15, -0.1) is 0 Å². The van der Waals surface area contributed by atoms with E-state index in [-0.39, 0.29) is 24.3 Å². The van der Waals surface area contributed by atoms with Crippen molar-refractivity contribution in [2.45, 2.75) is 51.1 Å². The van der Waals surface area contributed by atoms with Crippen molar-refractivity contribution >= 4 is 23.4 Å². The fourth-order valence-electron chi connectivity index (χ4n) is 2.54. The number of nitrogens with one attached hydrogen (secondary N) is 2. The monoisotopic (exact) mass is 308 g/mol. The molecule has 1 aliphatic carbocycles. The first-order chi connectivity index (χ1) is 10.1. The van der Waals surface area contributed by atoms with Crippen molar-refractivity contribution in [2.75, 3.05) is 0 Å². The number of hydrogen-bond acceptors (Lipinski definition) is 2. The number of hydrogen-bond donors (Lipinski definition) is 2. The molecular formula is C16H21ClN2O2. The Kier molecular flexibility index (Phi) is 6.05. The van der Waals surface area contributed by atoms with Crippen molar-refractivity contribution in [3.05, 3.63) is 34.9 Å². The fraction of sp³-hybridized carbons (Fsp3) is 0.500. The molecule has 4 nitrogen and oxygen atoms in total. The summed E-state index contributed by atoms with van der Waals surface area (Å²) in [5, 5.41) is 6.35. The highest BCUT2D eigenvalue weighted by Crippen LogP contribution is 2.17. The van der Waals surface area contributed by atoms with Crippen molar-refractivity contribution in [1.82, 2.24) is 10.6 Å². The lowest BCUT2D eigenvalue weighted by Gasteiger charge is -2.22. The number of amides is 2. The maximum atomic E-state index is 11.8. The van der Waals surface area contributed by atoms with Gasteiger partial charge >= 0.3 is 0 Å². The van der Waals surface area contributed by atoms with E-state index in [2.05, 4.69) is 10.6 Å². The minimum Gasteiger partial charge on any atom is -0.353 e. The zero-order chi connectivity index (χ0) is 15.1. The fourth-order valence-corrected chi connectivity index (χ4v) is 2.66. The highest BCUT2D eigenvalue weighted by atomic mass is 35.5. The van der Waals surface area contributed by atoms with Gasteiger partial charge in [0.25, 0.3) is 0 Å². The summed E-state index contributed by atoms with van der Waals surface area (Å²) in [4.78, 5) is 23.5. The van der Waals surface area contributed by atoms with E-state index in [4.69, 9.17) is 11.6 Å².